The van der Waals surface area contributed by atoms with Gasteiger partial charge >= 0.3 is 5.97 Å². The minimum Gasteiger partial charge on any atom is -0.481 e. The predicted molar refractivity (Wildman–Crippen MR) is 43.5 cm³/mol. The molecular formula is C6H8N2O4S. The van der Waals surface area contributed by atoms with E-state index < -0.39 is 22.4 Å². The molecule has 1 rings (SSSR count). The molecule has 0 bridgehead atoms. The zero-order chi connectivity index (χ0) is 10.1. The Balaban J connectivity index is 3.11. The van der Waals surface area contributed by atoms with Crippen LogP contribution in [0.2, 0.25) is 0 Å². The van der Waals surface area contributed by atoms with E-state index >= 15 is 0 Å². The number of carbonyl (C=O) groups is 1. The molecule has 13 heavy (non-hydrogen) atoms. The van der Waals surface area contributed by atoms with Gasteiger partial charge in [0.15, 0.2) is 0 Å². The molecule has 0 aromatic carbocycles. The Morgan fingerprint density at radius 2 is 2.23 bits per heavy atom. The molecule has 1 aromatic heterocycles. The van der Waals surface area contributed by atoms with E-state index in [0.29, 0.717) is 0 Å². The SMILES string of the molecule is NS(=O)(=O)c1cc[nH]c1CC(=O)O. The molecule has 72 valence electrons. The molecular weight excluding hydrogens is 196 g/mol. The van der Waals surface area contributed by atoms with Crippen molar-refractivity contribution in [2.75, 3.05) is 0 Å². The summed E-state index contributed by atoms with van der Waals surface area (Å²) < 4.78 is 21.7. The van der Waals surface area contributed by atoms with Crippen molar-refractivity contribution in [1.29, 1.82) is 0 Å². The number of nitrogens with two attached hydrogens (primary N) is 1. The lowest BCUT2D eigenvalue weighted by molar-refractivity contribution is -0.136. The van der Waals surface area contributed by atoms with Gasteiger partial charge in [0.05, 0.1) is 6.42 Å². The summed E-state index contributed by atoms with van der Waals surface area (Å²) in [4.78, 5) is 12.6. The zero-order valence-corrected chi connectivity index (χ0v) is 7.34. The highest BCUT2D eigenvalue weighted by Gasteiger charge is 2.16. The van der Waals surface area contributed by atoms with Crippen LogP contribution in [0.5, 0.6) is 0 Å². The number of aromatic nitrogens is 1. The Hall–Kier alpha value is -1.34. The monoisotopic (exact) mass is 204 g/mol. The second-order valence-electron chi connectivity index (χ2n) is 2.44. The van der Waals surface area contributed by atoms with Crippen LogP contribution >= 0.6 is 0 Å². The number of rotatable bonds is 3. The normalized spacial score (nSPS) is 11.5. The smallest absolute Gasteiger partial charge is 0.309 e. The number of hydrogen-bond acceptors (Lipinski definition) is 3. The topological polar surface area (TPSA) is 113 Å². The number of aliphatic carboxylic acids is 1. The summed E-state index contributed by atoms with van der Waals surface area (Å²) in [6.45, 7) is 0. The number of aromatic amines is 1. The third kappa shape index (κ3) is 2.30. The molecule has 0 radical (unpaired) electrons. The van der Waals surface area contributed by atoms with Crippen LogP contribution in [0.4, 0.5) is 0 Å². The van der Waals surface area contributed by atoms with Gasteiger partial charge in [0, 0.05) is 11.9 Å². The average Bonchev–Trinajstić information content (AvgIpc) is 2.31. The Bertz CT molecular complexity index is 420. The highest BCUT2D eigenvalue weighted by molar-refractivity contribution is 7.89. The summed E-state index contributed by atoms with van der Waals surface area (Å²) in [6, 6.07) is 1.23. The maximum absolute atomic E-state index is 10.9. The first-order chi connectivity index (χ1) is 5.91. The maximum atomic E-state index is 10.9. The van der Waals surface area contributed by atoms with Crippen molar-refractivity contribution >= 4 is 16.0 Å². The first kappa shape index (κ1) is 9.75. The van der Waals surface area contributed by atoms with Crippen LogP contribution in [-0.4, -0.2) is 24.5 Å². The molecule has 1 heterocycles. The number of H-pyrrole nitrogens is 1. The van der Waals surface area contributed by atoms with E-state index in [4.69, 9.17) is 10.2 Å². The van der Waals surface area contributed by atoms with Gasteiger partial charge < -0.3 is 10.1 Å². The molecule has 0 aliphatic heterocycles. The van der Waals surface area contributed by atoms with E-state index in [-0.39, 0.29) is 10.6 Å². The first-order valence-electron chi connectivity index (χ1n) is 3.32. The second kappa shape index (κ2) is 3.19. The van der Waals surface area contributed by atoms with Gasteiger partial charge in [-0.05, 0) is 6.07 Å². The van der Waals surface area contributed by atoms with Crippen LogP contribution in [-0.2, 0) is 21.2 Å². The molecule has 0 spiro atoms. The third-order valence-electron chi connectivity index (χ3n) is 1.42. The zero-order valence-electron chi connectivity index (χ0n) is 6.52. The van der Waals surface area contributed by atoms with E-state index in [9.17, 15) is 13.2 Å². The van der Waals surface area contributed by atoms with Crippen molar-refractivity contribution in [2.24, 2.45) is 5.14 Å². The summed E-state index contributed by atoms with van der Waals surface area (Å²) in [5.41, 5.74) is 0.0926. The number of nitrogens with one attached hydrogen (secondary N) is 1. The molecule has 0 unspecified atom stereocenters. The molecule has 7 heteroatoms. The fourth-order valence-corrected chi connectivity index (χ4v) is 1.68. The number of carboxylic acids is 1. The molecule has 4 N–H and O–H groups in total. The van der Waals surface area contributed by atoms with Crippen molar-refractivity contribution < 1.29 is 18.3 Å². The summed E-state index contributed by atoms with van der Waals surface area (Å²) in [7, 11) is -3.83. The van der Waals surface area contributed by atoms with E-state index in [1.807, 2.05) is 0 Å². The van der Waals surface area contributed by atoms with E-state index in [1.165, 1.54) is 12.3 Å². The highest BCUT2D eigenvalue weighted by Crippen LogP contribution is 2.12. The van der Waals surface area contributed by atoms with Crippen molar-refractivity contribution in [3.05, 3.63) is 18.0 Å². The number of hydrogen-bond donors (Lipinski definition) is 3. The van der Waals surface area contributed by atoms with E-state index in [2.05, 4.69) is 4.98 Å². The van der Waals surface area contributed by atoms with Gasteiger partial charge in [-0.15, -0.1) is 0 Å². The number of sulfonamides is 1. The molecule has 0 fully saturated rings. The molecule has 0 atom stereocenters. The lowest BCUT2D eigenvalue weighted by Crippen LogP contribution is -2.14. The summed E-state index contributed by atoms with van der Waals surface area (Å²) >= 11 is 0. The number of primary sulfonamides is 1. The molecule has 0 amide bonds. The van der Waals surface area contributed by atoms with Gasteiger partial charge in [-0.25, -0.2) is 13.6 Å². The van der Waals surface area contributed by atoms with Crippen molar-refractivity contribution in [1.82, 2.24) is 4.98 Å². The standard InChI is InChI=1S/C6H8N2O4S/c7-13(11,12)5-1-2-8-4(5)3-6(9)10/h1-2,8H,3H2,(H,9,10)(H2,7,11,12). The van der Waals surface area contributed by atoms with Gasteiger partial charge in [-0.2, -0.15) is 0 Å². The van der Waals surface area contributed by atoms with Crippen molar-refractivity contribution in [3.63, 3.8) is 0 Å². The van der Waals surface area contributed by atoms with Gasteiger partial charge in [0.25, 0.3) is 0 Å². The molecule has 6 nitrogen and oxygen atoms in total. The predicted octanol–water partition coefficient (Wildman–Crippen LogP) is -0.711. The molecule has 0 saturated carbocycles. The van der Waals surface area contributed by atoms with Crippen LogP contribution in [0, 0.1) is 0 Å². The van der Waals surface area contributed by atoms with Crippen LogP contribution < -0.4 is 5.14 Å². The summed E-state index contributed by atoms with van der Waals surface area (Å²) in [6.07, 6.45) is 0.941. The van der Waals surface area contributed by atoms with E-state index in [1.54, 1.807) is 0 Å². The number of carboxylic acid groups (broad SMARTS) is 1. The molecule has 0 aliphatic carbocycles. The molecule has 1 aromatic rings. The summed E-state index contributed by atoms with van der Waals surface area (Å²) in [5.74, 6) is -1.12. The van der Waals surface area contributed by atoms with Crippen LogP contribution in [0.1, 0.15) is 5.69 Å². The Kier molecular flexibility index (Phi) is 2.39. The lowest BCUT2D eigenvalue weighted by Gasteiger charge is -1.97. The highest BCUT2D eigenvalue weighted by atomic mass is 32.2. The fraction of sp³-hybridized carbons (Fsp3) is 0.167. The van der Waals surface area contributed by atoms with Crippen LogP contribution in [0.15, 0.2) is 17.2 Å². The average molecular weight is 204 g/mol. The van der Waals surface area contributed by atoms with Crippen LogP contribution in [0.25, 0.3) is 0 Å². The van der Waals surface area contributed by atoms with Gasteiger partial charge in [-0.1, -0.05) is 0 Å². The quantitative estimate of drug-likeness (QED) is 0.603. The molecule has 0 aliphatic rings. The Labute approximate surface area is 74.4 Å². The van der Waals surface area contributed by atoms with Gasteiger partial charge in [-0.3, -0.25) is 4.79 Å². The third-order valence-corrected chi connectivity index (χ3v) is 2.42. The lowest BCUT2D eigenvalue weighted by atomic mass is 10.3. The maximum Gasteiger partial charge on any atom is 0.309 e. The van der Waals surface area contributed by atoms with E-state index in [0.717, 1.165) is 0 Å². The second-order valence-corrected chi connectivity index (χ2v) is 3.97. The fourth-order valence-electron chi connectivity index (χ4n) is 0.946. The first-order valence-corrected chi connectivity index (χ1v) is 4.87. The largest absolute Gasteiger partial charge is 0.481 e. The van der Waals surface area contributed by atoms with Gasteiger partial charge in [0.2, 0.25) is 10.0 Å². The van der Waals surface area contributed by atoms with Gasteiger partial charge in [0.1, 0.15) is 4.90 Å². The minimum atomic E-state index is -3.83. The van der Waals surface area contributed by atoms with Crippen molar-refractivity contribution in [3.8, 4) is 0 Å². The molecule has 0 saturated heterocycles. The Morgan fingerprint density at radius 1 is 1.62 bits per heavy atom. The van der Waals surface area contributed by atoms with Crippen molar-refractivity contribution in [2.45, 2.75) is 11.3 Å². The van der Waals surface area contributed by atoms with Crippen LogP contribution in [0.3, 0.4) is 0 Å². The minimum absolute atomic E-state index is 0.0926. The summed E-state index contributed by atoms with van der Waals surface area (Å²) in [5, 5.41) is 13.3. The Morgan fingerprint density at radius 3 is 2.69 bits per heavy atom.